The lowest BCUT2D eigenvalue weighted by molar-refractivity contribution is -0.237. The van der Waals surface area contributed by atoms with E-state index in [4.69, 9.17) is 0 Å². The van der Waals surface area contributed by atoms with Crippen molar-refractivity contribution in [3.05, 3.63) is 0 Å². The highest BCUT2D eigenvalue weighted by Gasteiger charge is 2.55. The third-order valence-corrected chi connectivity index (χ3v) is 1.79. The van der Waals surface area contributed by atoms with E-state index in [0.29, 0.717) is 0 Å². The van der Waals surface area contributed by atoms with E-state index in [1.807, 2.05) is 0 Å². The average molecular weight is 280 g/mol. The number of rotatable bonds is 4. The number of alkyl halides is 10. The number of hydrogen-bond donors (Lipinski definition) is 0. The SMILES string of the molecule is FC(F)C(F)(F)C(CC(F)(F)F)CC(F)(F)F. The van der Waals surface area contributed by atoms with Crippen LogP contribution in [0.1, 0.15) is 12.8 Å². The van der Waals surface area contributed by atoms with Crippen molar-refractivity contribution in [2.45, 2.75) is 37.5 Å². The van der Waals surface area contributed by atoms with Crippen molar-refractivity contribution < 1.29 is 43.9 Å². The fourth-order valence-electron chi connectivity index (χ4n) is 1.08. The Bertz CT molecular complexity index is 220. The fourth-order valence-corrected chi connectivity index (χ4v) is 1.08. The summed E-state index contributed by atoms with van der Waals surface area (Å²) in [6.07, 6.45) is -20.6. The summed E-state index contributed by atoms with van der Waals surface area (Å²) in [5.74, 6) is -8.87. The standard InChI is InChI=1S/C7H6F10/c8-4(9)7(16,17)3(1-5(10,11)12)2-6(13,14)15/h3-4H,1-2H2. The Morgan fingerprint density at radius 3 is 1.12 bits per heavy atom. The van der Waals surface area contributed by atoms with Crippen molar-refractivity contribution in [2.75, 3.05) is 0 Å². The van der Waals surface area contributed by atoms with Gasteiger partial charge in [-0.15, -0.1) is 0 Å². The highest BCUT2D eigenvalue weighted by molar-refractivity contribution is 4.83. The van der Waals surface area contributed by atoms with Gasteiger partial charge in [0.05, 0.1) is 12.8 Å². The fraction of sp³-hybridized carbons (Fsp3) is 1.00. The van der Waals surface area contributed by atoms with E-state index in [1.165, 1.54) is 0 Å². The van der Waals surface area contributed by atoms with E-state index < -0.39 is 43.5 Å². The third kappa shape index (κ3) is 5.97. The summed E-state index contributed by atoms with van der Waals surface area (Å²) in [5, 5.41) is 0. The molecule has 0 aliphatic rings. The Morgan fingerprint density at radius 1 is 0.647 bits per heavy atom. The van der Waals surface area contributed by atoms with E-state index >= 15 is 0 Å². The molecular formula is C7H6F10. The molecule has 0 bridgehead atoms. The predicted octanol–water partition coefficient (Wildman–Crippen LogP) is 4.41. The van der Waals surface area contributed by atoms with Crippen LogP contribution in [0.15, 0.2) is 0 Å². The quantitative estimate of drug-likeness (QED) is 0.669. The molecule has 0 radical (unpaired) electrons. The lowest BCUT2D eigenvalue weighted by atomic mass is 9.93. The van der Waals surface area contributed by atoms with Crippen molar-refractivity contribution in [1.82, 2.24) is 0 Å². The topological polar surface area (TPSA) is 0 Å². The highest BCUT2D eigenvalue weighted by atomic mass is 19.4. The van der Waals surface area contributed by atoms with Gasteiger partial charge in [0, 0.05) is 5.92 Å². The summed E-state index contributed by atoms with van der Waals surface area (Å²) < 4.78 is 119. The first-order valence-corrected chi connectivity index (χ1v) is 4.05. The molecule has 0 saturated heterocycles. The smallest absolute Gasteiger partial charge is 0.204 e. The van der Waals surface area contributed by atoms with E-state index in [-0.39, 0.29) is 0 Å². The first kappa shape index (κ1) is 16.3. The van der Waals surface area contributed by atoms with Crippen LogP contribution in [0.3, 0.4) is 0 Å². The molecule has 0 saturated carbocycles. The van der Waals surface area contributed by atoms with Gasteiger partial charge in [-0.1, -0.05) is 0 Å². The second-order valence-corrected chi connectivity index (χ2v) is 3.31. The Balaban J connectivity index is 4.99. The van der Waals surface area contributed by atoms with Gasteiger partial charge in [-0.05, 0) is 0 Å². The zero-order chi connectivity index (χ0) is 14.1. The first-order chi connectivity index (χ1) is 7.26. The minimum atomic E-state index is -5.38. The van der Waals surface area contributed by atoms with Gasteiger partial charge in [0.15, 0.2) is 0 Å². The van der Waals surface area contributed by atoms with E-state index in [2.05, 4.69) is 0 Å². The Hall–Kier alpha value is -0.700. The molecule has 0 nitrogen and oxygen atoms in total. The molecule has 0 amide bonds. The van der Waals surface area contributed by atoms with Gasteiger partial charge in [0.25, 0.3) is 0 Å². The van der Waals surface area contributed by atoms with Crippen LogP contribution in [-0.4, -0.2) is 24.7 Å². The van der Waals surface area contributed by atoms with Crippen LogP contribution in [0.4, 0.5) is 43.9 Å². The maximum Gasteiger partial charge on any atom is 0.389 e. The summed E-state index contributed by atoms with van der Waals surface area (Å²) in [6.45, 7) is 0. The van der Waals surface area contributed by atoms with Crippen molar-refractivity contribution in [3.8, 4) is 0 Å². The summed E-state index contributed by atoms with van der Waals surface area (Å²) >= 11 is 0. The molecule has 104 valence electrons. The largest absolute Gasteiger partial charge is 0.389 e. The maximum absolute atomic E-state index is 12.5. The summed E-state index contributed by atoms with van der Waals surface area (Å²) in [6, 6.07) is 0. The van der Waals surface area contributed by atoms with Crippen molar-refractivity contribution >= 4 is 0 Å². The molecule has 0 spiro atoms. The molecule has 0 unspecified atom stereocenters. The van der Waals surface area contributed by atoms with Crippen LogP contribution in [0.25, 0.3) is 0 Å². The zero-order valence-electron chi connectivity index (χ0n) is 7.85. The van der Waals surface area contributed by atoms with Crippen molar-refractivity contribution in [1.29, 1.82) is 0 Å². The zero-order valence-corrected chi connectivity index (χ0v) is 7.85. The predicted molar refractivity (Wildman–Crippen MR) is 35.8 cm³/mol. The molecular weight excluding hydrogens is 274 g/mol. The van der Waals surface area contributed by atoms with Crippen molar-refractivity contribution in [2.24, 2.45) is 5.92 Å². The third-order valence-electron chi connectivity index (χ3n) is 1.79. The summed E-state index contributed by atoms with van der Waals surface area (Å²) in [7, 11) is 0. The molecule has 0 atom stereocenters. The molecule has 0 aliphatic heterocycles. The second-order valence-electron chi connectivity index (χ2n) is 3.31. The molecule has 0 aromatic heterocycles. The molecule has 0 aromatic rings. The lowest BCUT2D eigenvalue weighted by Gasteiger charge is -2.27. The van der Waals surface area contributed by atoms with E-state index in [9.17, 15) is 43.9 Å². The minimum Gasteiger partial charge on any atom is -0.204 e. The molecule has 0 aromatic carbocycles. The number of hydrogen-bond acceptors (Lipinski definition) is 0. The van der Waals surface area contributed by atoms with Crippen LogP contribution >= 0.6 is 0 Å². The van der Waals surface area contributed by atoms with Gasteiger partial charge >= 0.3 is 24.7 Å². The van der Waals surface area contributed by atoms with Gasteiger partial charge in [-0.25, -0.2) is 8.78 Å². The van der Waals surface area contributed by atoms with E-state index in [1.54, 1.807) is 0 Å². The number of halogens is 10. The monoisotopic (exact) mass is 280 g/mol. The molecule has 10 heteroatoms. The normalized spacial score (nSPS) is 14.8. The Kier molecular flexibility index (Phi) is 4.69. The summed E-state index contributed by atoms with van der Waals surface area (Å²) in [5.41, 5.74) is 0. The van der Waals surface area contributed by atoms with Gasteiger partial charge < -0.3 is 0 Å². The van der Waals surface area contributed by atoms with Gasteiger partial charge in [0.2, 0.25) is 0 Å². The summed E-state index contributed by atoms with van der Waals surface area (Å²) in [4.78, 5) is 0. The van der Waals surface area contributed by atoms with Crippen LogP contribution in [0.2, 0.25) is 0 Å². The van der Waals surface area contributed by atoms with Gasteiger partial charge in [-0.3, -0.25) is 0 Å². The van der Waals surface area contributed by atoms with Gasteiger partial charge in [-0.2, -0.15) is 35.1 Å². The Labute approximate surface area is 88.6 Å². The molecule has 17 heavy (non-hydrogen) atoms. The first-order valence-electron chi connectivity index (χ1n) is 4.05. The van der Waals surface area contributed by atoms with Crippen molar-refractivity contribution in [3.63, 3.8) is 0 Å². The molecule has 0 N–H and O–H groups in total. The van der Waals surface area contributed by atoms with E-state index in [0.717, 1.165) is 0 Å². The lowest BCUT2D eigenvalue weighted by Crippen LogP contribution is -2.41. The van der Waals surface area contributed by atoms with Crippen LogP contribution in [0.5, 0.6) is 0 Å². The molecule has 0 fully saturated rings. The van der Waals surface area contributed by atoms with Gasteiger partial charge in [0.1, 0.15) is 0 Å². The highest BCUT2D eigenvalue weighted by Crippen LogP contribution is 2.43. The van der Waals surface area contributed by atoms with Crippen LogP contribution in [-0.2, 0) is 0 Å². The maximum atomic E-state index is 12.5. The second kappa shape index (κ2) is 4.89. The Morgan fingerprint density at radius 2 is 0.941 bits per heavy atom. The molecule has 0 heterocycles. The van der Waals surface area contributed by atoms with Crippen LogP contribution < -0.4 is 0 Å². The molecule has 0 aliphatic carbocycles. The minimum absolute atomic E-state index is 2.62. The average Bonchev–Trinajstić information content (AvgIpc) is 1.96. The molecule has 0 rings (SSSR count). The van der Waals surface area contributed by atoms with Crippen LogP contribution in [0, 0.1) is 5.92 Å².